The molecule has 0 spiro atoms. The van der Waals surface area contributed by atoms with Crippen LogP contribution in [0.3, 0.4) is 0 Å². The molecule has 0 N–H and O–H groups in total. The minimum absolute atomic E-state index is 0.735. The van der Waals surface area contributed by atoms with E-state index >= 15 is 0 Å². The minimum atomic E-state index is 0.735. The second kappa shape index (κ2) is 6.11. The summed E-state index contributed by atoms with van der Waals surface area (Å²) >= 11 is 0. The molecule has 0 saturated carbocycles. The standard InChI is InChI=1S/C19H20N2/c1-15-10-11-21(13-15)14-16-6-8-17(9-7-16)19-5-3-2-4-18(19)12-20/h2-9,15H,10-11,13-14H2,1H3. The number of hydrogen-bond donors (Lipinski definition) is 0. The van der Waals surface area contributed by atoms with Crippen molar-refractivity contribution in [3.05, 3.63) is 59.7 Å². The fourth-order valence-electron chi connectivity index (χ4n) is 3.05. The van der Waals surface area contributed by atoms with E-state index < -0.39 is 0 Å². The fraction of sp³-hybridized carbons (Fsp3) is 0.316. The molecule has 0 amide bonds. The minimum Gasteiger partial charge on any atom is -0.299 e. The Balaban J connectivity index is 1.76. The lowest BCUT2D eigenvalue weighted by atomic mass is 9.99. The molecule has 2 aromatic carbocycles. The van der Waals surface area contributed by atoms with E-state index in [1.807, 2.05) is 24.3 Å². The Hall–Kier alpha value is -2.11. The molecule has 0 aliphatic carbocycles. The van der Waals surface area contributed by atoms with Crippen LogP contribution in [0.15, 0.2) is 48.5 Å². The molecular formula is C19H20N2. The van der Waals surface area contributed by atoms with Gasteiger partial charge in [0.2, 0.25) is 0 Å². The van der Waals surface area contributed by atoms with Gasteiger partial charge < -0.3 is 0 Å². The van der Waals surface area contributed by atoms with Gasteiger partial charge in [-0.1, -0.05) is 49.4 Å². The first kappa shape index (κ1) is 13.9. The Kier molecular flexibility index (Phi) is 4.03. The van der Waals surface area contributed by atoms with E-state index in [9.17, 15) is 5.26 Å². The van der Waals surface area contributed by atoms with Crippen LogP contribution in [0.1, 0.15) is 24.5 Å². The highest BCUT2D eigenvalue weighted by Crippen LogP contribution is 2.24. The zero-order valence-electron chi connectivity index (χ0n) is 12.4. The monoisotopic (exact) mass is 276 g/mol. The molecule has 0 aromatic heterocycles. The summed E-state index contributed by atoms with van der Waals surface area (Å²) in [6.45, 7) is 5.77. The van der Waals surface area contributed by atoms with E-state index in [2.05, 4.69) is 42.2 Å². The highest BCUT2D eigenvalue weighted by molar-refractivity contribution is 5.70. The van der Waals surface area contributed by atoms with E-state index in [1.165, 1.54) is 25.1 Å². The molecule has 21 heavy (non-hydrogen) atoms. The van der Waals surface area contributed by atoms with Crippen molar-refractivity contribution in [1.29, 1.82) is 5.26 Å². The van der Waals surface area contributed by atoms with Crippen LogP contribution in [-0.4, -0.2) is 18.0 Å². The first-order valence-corrected chi connectivity index (χ1v) is 7.57. The first-order chi connectivity index (χ1) is 10.3. The van der Waals surface area contributed by atoms with Gasteiger partial charge in [0, 0.05) is 13.1 Å². The molecule has 0 radical (unpaired) electrons. The van der Waals surface area contributed by atoms with Crippen molar-refractivity contribution in [1.82, 2.24) is 4.90 Å². The summed E-state index contributed by atoms with van der Waals surface area (Å²) in [4.78, 5) is 2.52. The normalized spacial score (nSPS) is 18.6. The fourth-order valence-corrected chi connectivity index (χ4v) is 3.05. The van der Waals surface area contributed by atoms with Crippen LogP contribution < -0.4 is 0 Å². The summed E-state index contributed by atoms with van der Waals surface area (Å²) in [5, 5.41) is 9.19. The average molecular weight is 276 g/mol. The molecule has 1 aliphatic rings. The van der Waals surface area contributed by atoms with Crippen molar-refractivity contribution >= 4 is 0 Å². The van der Waals surface area contributed by atoms with E-state index in [0.29, 0.717) is 0 Å². The van der Waals surface area contributed by atoms with Crippen molar-refractivity contribution in [2.24, 2.45) is 5.92 Å². The number of benzene rings is 2. The van der Waals surface area contributed by atoms with Crippen LogP contribution in [0.5, 0.6) is 0 Å². The molecule has 0 bridgehead atoms. The van der Waals surface area contributed by atoms with E-state index in [1.54, 1.807) is 0 Å². The molecule has 2 heteroatoms. The van der Waals surface area contributed by atoms with Gasteiger partial charge in [0.1, 0.15) is 0 Å². The smallest absolute Gasteiger partial charge is 0.0998 e. The van der Waals surface area contributed by atoms with Crippen LogP contribution in [0.2, 0.25) is 0 Å². The van der Waals surface area contributed by atoms with Crippen LogP contribution in [0.25, 0.3) is 11.1 Å². The maximum absolute atomic E-state index is 9.19. The number of nitriles is 1. The van der Waals surface area contributed by atoms with Crippen LogP contribution >= 0.6 is 0 Å². The van der Waals surface area contributed by atoms with Crippen molar-refractivity contribution in [3.8, 4) is 17.2 Å². The van der Waals surface area contributed by atoms with Crippen LogP contribution in [-0.2, 0) is 6.54 Å². The molecule has 1 fully saturated rings. The summed E-state index contributed by atoms with van der Waals surface area (Å²) < 4.78 is 0. The van der Waals surface area contributed by atoms with Gasteiger partial charge in [0.25, 0.3) is 0 Å². The highest BCUT2D eigenvalue weighted by atomic mass is 15.1. The quantitative estimate of drug-likeness (QED) is 0.845. The Morgan fingerprint density at radius 2 is 1.90 bits per heavy atom. The van der Waals surface area contributed by atoms with E-state index in [0.717, 1.165) is 29.2 Å². The molecule has 106 valence electrons. The molecule has 1 aliphatic heterocycles. The van der Waals surface area contributed by atoms with Crippen molar-refractivity contribution in [2.75, 3.05) is 13.1 Å². The summed E-state index contributed by atoms with van der Waals surface area (Å²) in [6, 6.07) is 18.7. The topological polar surface area (TPSA) is 27.0 Å². The van der Waals surface area contributed by atoms with Gasteiger partial charge in [-0.2, -0.15) is 5.26 Å². The zero-order chi connectivity index (χ0) is 14.7. The molecule has 1 saturated heterocycles. The van der Waals surface area contributed by atoms with E-state index in [4.69, 9.17) is 0 Å². The lowest BCUT2D eigenvalue weighted by molar-refractivity contribution is 0.320. The van der Waals surface area contributed by atoms with Gasteiger partial charge in [-0.3, -0.25) is 4.90 Å². The Morgan fingerprint density at radius 1 is 1.14 bits per heavy atom. The Bertz CT molecular complexity index is 652. The van der Waals surface area contributed by atoms with Gasteiger partial charge in [0.15, 0.2) is 0 Å². The van der Waals surface area contributed by atoms with Gasteiger partial charge in [0.05, 0.1) is 11.6 Å². The predicted octanol–water partition coefficient (Wildman–Crippen LogP) is 4.07. The molecule has 3 rings (SSSR count). The van der Waals surface area contributed by atoms with Crippen molar-refractivity contribution in [2.45, 2.75) is 19.9 Å². The average Bonchev–Trinajstić information content (AvgIpc) is 2.93. The Labute approximate surface area is 126 Å². The molecule has 1 unspecified atom stereocenters. The molecular weight excluding hydrogens is 256 g/mol. The molecule has 2 aromatic rings. The lowest BCUT2D eigenvalue weighted by Gasteiger charge is -2.15. The molecule has 2 nitrogen and oxygen atoms in total. The summed E-state index contributed by atoms with van der Waals surface area (Å²) in [5.41, 5.74) is 4.22. The lowest BCUT2D eigenvalue weighted by Crippen LogP contribution is -2.19. The number of hydrogen-bond acceptors (Lipinski definition) is 2. The van der Waals surface area contributed by atoms with Gasteiger partial charge in [-0.25, -0.2) is 0 Å². The summed E-state index contributed by atoms with van der Waals surface area (Å²) in [5.74, 6) is 0.826. The Morgan fingerprint density at radius 3 is 2.57 bits per heavy atom. The van der Waals surface area contributed by atoms with Crippen molar-refractivity contribution in [3.63, 3.8) is 0 Å². The van der Waals surface area contributed by atoms with Crippen molar-refractivity contribution < 1.29 is 0 Å². The van der Waals surface area contributed by atoms with Gasteiger partial charge in [-0.15, -0.1) is 0 Å². The second-order valence-electron chi connectivity index (χ2n) is 5.98. The summed E-state index contributed by atoms with van der Waals surface area (Å²) in [6.07, 6.45) is 1.31. The third-order valence-corrected chi connectivity index (χ3v) is 4.23. The van der Waals surface area contributed by atoms with Crippen LogP contribution in [0.4, 0.5) is 0 Å². The third kappa shape index (κ3) is 3.15. The van der Waals surface area contributed by atoms with E-state index in [-0.39, 0.29) is 0 Å². The third-order valence-electron chi connectivity index (χ3n) is 4.23. The SMILES string of the molecule is CC1CCN(Cc2ccc(-c3ccccc3C#N)cc2)C1. The summed E-state index contributed by atoms with van der Waals surface area (Å²) in [7, 11) is 0. The molecule has 1 atom stereocenters. The second-order valence-corrected chi connectivity index (χ2v) is 5.98. The number of rotatable bonds is 3. The maximum Gasteiger partial charge on any atom is 0.0998 e. The first-order valence-electron chi connectivity index (χ1n) is 7.57. The number of nitrogens with zero attached hydrogens (tertiary/aromatic N) is 2. The molecule has 1 heterocycles. The largest absolute Gasteiger partial charge is 0.299 e. The number of likely N-dealkylation sites (tertiary alicyclic amines) is 1. The highest BCUT2D eigenvalue weighted by Gasteiger charge is 2.18. The maximum atomic E-state index is 9.19. The zero-order valence-corrected chi connectivity index (χ0v) is 12.4. The predicted molar refractivity (Wildman–Crippen MR) is 85.7 cm³/mol. The van der Waals surface area contributed by atoms with Gasteiger partial charge >= 0.3 is 0 Å². The van der Waals surface area contributed by atoms with Gasteiger partial charge in [-0.05, 0) is 41.6 Å². The van der Waals surface area contributed by atoms with Crippen LogP contribution in [0, 0.1) is 17.2 Å².